The zero-order chi connectivity index (χ0) is 10.9. The molecule has 0 heterocycles. The normalized spacial score (nSPS) is 10.0. The summed E-state index contributed by atoms with van der Waals surface area (Å²) >= 11 is 5.61. The summed E-state index contributed by atoms with van der Waals surface area (Å²) in [6, 6.07) is 2.48. The molecular formula is C7H7BClNO4. The summed E-state index contributed by atoms with van der Waals surface area (Å²) in [6.45, 7) is 1.48. The maximum absolute atomic E-state index is 10.5. The van der Waals surface area contributed by atoms with Crippen molar-refractivity contribution in [3.63, 3.8) is 0 Å². The molecule has 0 bridgehead atoms. The second-order valence-electron chi connectivity index (χ2n) is 2.80. The third kappa shape index (κ3) is 2.04. The lowest BCUT2D eigenvalue weighted by molar-refractivity contribution is -0.385. The highest BCUT2D eigenvalue weighted by molar-refractivity contribution is 6.59. The molecule has 0 aliphatic rings. The molecule has 0 saturated heterocycles. The number of rotatable bonds is 2. The second-order valence-corrected chi connectivity index (χ2v) is 3.21. The van der Waals surface area contributed by atoms with E-state index in [9.17, 15) is 10.1 Å². The van der Waals surface area contributed by atoms with Crippen LogP contribution in [0.4, 0.5) is 5.69 Å². The van der Waals surface area contributed by atoms with Crippen LogP contribution < -0.4 is 5.46 Å². The highest BCUT2D eigenvalue weighted by Gasteiger charge is 2.21. The van der Waals surface area contributed by atoms with Crippen LogP contribution in [0.25, 0.3) is 0 Å². The van der Waals surface area contributed by atoms with Crippen LogP contribution in [0.3, 0.4) is 0 Å². The van der Waals surface area contributed by atoms with Gasteiger partial charge in [0.15, 0.2) is 0 Å². The molecule has 2 N–H and O–H groups in total. The first kappa shape index (κ1) is 11.0. The van der Waals surface area contributed by atoms with Gasteiger partial charge in [-0.3, -0.25) is 10.1 Å². The van der Waals surface area contributed by atoms with E-state index in [2.05, 4.69) is 0 Å². The molecule has 0 aromatic heterocycles. The minimum atomic E-state index is -1.67. The first-order chi connectivity index (χ1) is 6.43. The first-order valence-corrected chi connectivity index (χ1v) is 4.12. The van der Waals surface area contributed by atoms with Gasteiger partial charge in [-0.2, -0.15) is 0 Å². The summed E-state index contributed by atoms with van der Waals surface area (Å²) in [4.78, 5) is 9.91. The molecule has 0 amide bonds. The molecule has 74 valence electrons. The zero-order valence-corrected chi connectivity index (χ0v) is 8.02. The fourth-order valence-electron chi connectivity index (χ4n) is 1.14. The number of benzene rings is 1. The minimum Gasteiger partial charge on any atom is -0.423 e. The number of hydrogen-bond donors (Lipinski definition) is 2. The predicted molar refractivity (Wildman–Crippen MR) is 52.7 cm³/mol. The van der Waals surface area contributed by atoms with Crippen LogP contribution in [-0.4, -0.2) is 22.1 Å². The van der Waals surface area contributed by atoms with E-state index in [0.717, 1.165) is 6.07 Å². The van der Waals surface area contributed by atoms with Crippen LogP contribution in [0.1, 0.15) is 5.56 Å². The largest absolute Gasteiger partial charge is 0.488 e. The van der Waals surface area contributed by atoms with Crippen molar-refractivity contribution < 1.29 is 15.0 Å². The Hall–Kier alpha value is -1.11. The zero-order valence-electron chi connectivity index (χ0n) is 7.27. The van der Waals surface area contributed by atoms with Crippen LogP contribution in [0, 0.1) is 17.0 Å². The Kier molecular flexibility index (Phi) is 3.10. The van der Waals surface area contributed by atoms with Gasteiger partial charge in [0.2, 0.25) is 0 Å². The van der Waals surface area contributed by atoms with Crippen LogP contribution in [0.15, 0.2) is 12.1 Å². The molecular weight excluding hydrogens is 208 g/mol. The van der Waals surface area contributed by atoms with E-state index < -0.39 is 12.0 Å². The molecule has 0 atom stereocenters. The molecule has 1 aromatic carbocycles. The van der Waals surface area contributed by atoms with Crippen molar-refractivity contribution in [2.45, 2.75) is 6.92 Å². The molecule has 0 radical (unpaired) electrons. The molecule has 0 saturated carbocycles. The van der Waals surface area contributed by atoms with Crippen molar-refractivity contribution in [2.24, 2.45) is 0 Å². The summed E-state index contributed by atoms with van der Waals surface area (Å²) in [5.41, 5.74) is 0.222. The van der Waals surface area contributed by atoms with E-state index in [1.807, 2.05) is 0 Å². The van der Waals surface area contributed by atoms with E-state index in [0.29, 0.717) is 5.56 Å². The third-order valence-corrected chi connectivity index (χ3v) is 2.05. The SMILES string of the molecule is Cc1cc(B(O)O)cc(Cl)c1[N+](=O)[O-]. The lowest BCUT2D eigenvalue weighted by atomic mass is 9.79. The maximum Gasteiger partial charge on any atom is 0.488 e. The van der Waals surface area contributed by atoms with Crippen LogP contribution >= 0.6 is 11.6 Å². The molecule has 0 fully saturated rings. The van der Waals surface area contributed by atoms with Gasteiger partial charge in [0, 0.05) is 5.56 Å². The Morgan fingerprint density at radius 2 is 2.07 bits per heavy atom. The summed E-state index contributed by atoms with van der Waals surface area (Å²) in [6.07, 6.45) is 0. The molecule has 14 heavy (non-hydrogen) atoms. The summed E-state index contributed by atoms with van der Waals surface area (Å²) < 4.78 is 0. The number of aryl methyl sites for hydroxylation is 1. The molecule has 0 spiro atoms. The summed E-state index contributed by atoms with van der Waals surface area (Å²) in [7, 11) is -1.67. The molecule has 1 rings (SSSR count). The molecule has 1 aromatic rings. The number of nitro groups is 1. The molecule has 5 nitrogen and oxygen atoms in total. The van der Waals surface area contributed by atoms with Gasteiger partial charge in [-0.15, -0.1) is 0 Å². The average molecular weight is 215 g/mol. The van der Waals surface area contributed by atoms with Gasteiger partial charge in [-0.1, -0.05) is 17.7 Å². The van der Waals surface area contributed by atoms with Crippen LogP contribution in [-0.2, 0) is 0 Å². The highest BCUT2D eigenvalue weighted by Crippen LogP contribution is 2.26. The van der Waals surface area contributed by atoms with Gasteiger partial charge in [-0.25, -0.2) is 0 Å². The molecule has 0 aliphatic heterocycles. The van der Waals surface area contributed by atoms with Gasteiger partial charge < -0.3 is 10.0 Å². The molecule has 0 unspecified atom stereocenters. The van der Waals surface area contributed by atoms with Crippen molar-refractivity contribution in [3.05, 3.63) is 32.8 Å². The van der Waals surface area contributed by atoms with Crippen molar-refractivity contribution in [1.82, 2.24) is 0 Å². The maximum atomic E-state index is 10.5. The minimum absolute atomic E-state index is 0.0990. The van der Waals surface area contributed by atoms with E-state index in [1.54, 1.807) is 0 Å². The second kappa shape index (κ2) is 3.95. The summed E-state index contributed by atoms with van der Waals surface area (Å²) in [5, 5.41) is 28.1. The van der Waals surface area contributed by atoms with Gasteiger partial charge in [0.05, 0.1) is 4.92 Å². The molecule has 0 aliphatic carbocycles. The fraction of sp³-hybridized carbons (Fsp3) is 0.143. The van der Waals surface area contributed by atoms with Crippen molar-refractivity contribution in [2.75, 3.05) is 0 Å². The lowest BCUT2D eigenvalue weighted by Crippen LogP contribution is -2.30. The van der Waals surface area contributed by atoms with Gasteiger partial charge in [-0.05, 0) is 18.5 Å². The monoisotopic (exact) mass is 215 g/mol. The van der Waals surface area contributed by atoms with Crippen molar-refractivity contribution in [1.29, 1.82) is 0 Å². The smallest absolute Gasteiger partial charge is 0.423 e. The Labute approximate surface area is 85.2 Å². The van der Waals surface area contributed by atoms with Crippen molar-refractivity contribution in [3.8, 4) is 0 Å². The number of halogens is 1. The first-order valence-electron chi connectivity index (χ1n) is 3.74. The Bertz CT molecular complexity index is 359. The summed E-state index contributed by atoms with van der Waals surface area (Å²) in [5.74, 6) is 0. The topological polar surface area (TPSA) is 83.6 Å². The quantitative estimate of drug-likeness (QED) is 0.420. The highest BCUT2D eigenvalue weighted by atomic mass is 35.5. The number of nitro benzene ring substituents is 1. The standard InChI is InChI=1S/C7H7BClNO4/c1-4-2-5(8(11)12)3-6(9)7(4)10(13)14/h2-3,11-12H,1H3. The lowest BCUT2D eigenvalue weighted by Gasteiger charge is -2.03. The predicted octanol–water partition coefficient (Wildman–Crippen LogP) is 0.236. The van der Waals surface area contributed by atoms with E-state index >= 15 is 0 Å². The molecule has 7 heteroatoms. The van der Waals surface area contributed by atoms with Gasteiger partial charge in [0.25, 0.3) is 5.69 Å². The fourth-order valence-corrected chi connectivity index (χ4v) is 1.49. The van der Waals surface area contributed by atoms with Crippen LogP contribution in [0.2, 0.25) is 5.02 Å². The Balaban J connectivity index is 3.32. The number of nitrogens with zero attached hydrogens (tertiary/aromatic N) is 1. The average Bonchev–Trinajstić information content (AvgIpc) is 2.01. The number of hydrogen-bond acceptors (Lipinski definition) is 4. The van der Waals surface area contributed by atoms with E-state index in [4.69, 9.17) is 21.6 Å². The van der Waals surface area contributed by atoms with Gasteiger partial charge >= 0.3 is 7.12 Å². The van der Waals surface area contributed by atoms with Crippen molar-refractivity contribution >= 4 is 29.9 Å². The van der Waals surface area contributed by atoms with E-state index in [-0.39, 0.29) is 16.2 Å². The van der Waals surface area contributed by atoms with Gasteiger partial charge in [0.1, 0.15) is 5.02 Å². The third-order valence-electron chi connectivity index (χ3n) is 1.76. The Morgan fingerprint density at radius 3 is 2.43 bits per heavy atom. The Morgan fingerprint density at radius 1 is 1.50 bits per heavy atom. The van der Waals surface area contributed by atoms with E-state index in [1.165, 1.54) is 13.0 Å². The van der Waals surface area contributed by atoms with Crippen LogP contribution in [0.5, 0.6) is 0 Å².